The number of amides is 2. The van der Waals surface area contributed by atoms with E-state index in [2.05, 4.69) is 0 Å². The minimum atomic E-state index is -3.61. The van der Waals surface area contributed by atoms with Gasteiger partial charge < -0.3 is 14.5 Å². The monoisotopic (exact) mass is 466 g/mol. The third kappa shape index (κ3) is 4.59. The molecule has 0 unspecified atom stereocenters. The number of carbonyl (C=O) groups excluding carboxylic acids is 2. The second-order valence-corrected chi connectivity index (χ2v) is 9.90. The largest absolute Gasteiger partial charge is 0.497 e. The van der Waals surface area contributed by atoms with Crippen molar-refractivity contribution in [3.8, 4) is 5.75 Å². The number of carbonyl (C=O) groups is 2. The summed E-state index contributed by atoms with van der Waals surface area (Å²) in [6.45, 7) is 3.68. The minimum absolute atomic E-state index is 0.104. The fraction of sp³-hybridized carbons (Fsp3) is 0.364. The maximum absolute atomic E-state index is 14.5. The summed E-state index contributed by atoms with van der Waals surface area (Å²) in [5.74, 6) is -2.47. The lowest BCUT2D eigenvalue weighted by molar-refractivity contribution is 0.0249. The summed E-state index contributed by atoms with van der Waals surface area (Å²) >= 11 is 0. The van der Waals surface area contributed by atoms with Crippen molar-refractivity contribution in [1.82, 2.24) is 9.80 Å². The first kappa shape index (κ1) is 23.6. The fourth-order valence-corrected chi connectivity index (χ4v) is 4.53. The van der Waals surface area contributed by atoms with Crippen LogP contribution in [0, 0.1) is 11.6 Å². The SMILES string of the molecule is COc1ccc(C(=O)N2C[C@@H](C)N(C(=O)c3ccc(S(C)(=O)=O)cc3F)[C@H](C)C2)c(F)c1. The molecule has 1 aliphatic heterocycles. The lowest BCUT2D eigenvalue weighted by Crippen LogP contribution is -2.60. The molecule has 0 N–H and O–H groups in total. The Morgan fingerprint density at radius 2 is 1.47 bits per heavy atom. The summed E-state index contributed by atoms with van der Waals surface area (Å²) < 4.78 is 57.1. The van der Waals surface area contributed by atoms with E-state index < -0.39 is 45.4 Å². The van der Waals surface area contributed by atoms with Crippen LogP contribution in [0.5, 0.6) is 5.75 Å². The molecule has 0 aliphatic carbocycles. The maximum Gasteiger partial charge on any atom is 0.257 e. The van der Waals surface area contributed by atoms with E-state index in [1.165, 1.54) is 35.1 Å². The van der Waals surface area contributed by atoms with Crippen molar-refractivity contribution in [3.63, 3.8) is 0 Å². The second-order valence-electron chi connectivity index (χ2n) is 7.88. The number of rotatable bonds is 4. The van der Waals surface area contributed by atoms with E-state index in [0.29, 0.717) is 5.75 Å². The summed E-state index contributed by atoms with van der Waals surface area (Å²) in [7, 11) is -2.22. The predicted molar refractivity (Wildman–Crippen MR) is 113 cm³/mol. The van der Waals surface area contributed by atoms with Crippen molar-refractivity contribution in [2.45, 2.75) is 30.8 Å². The van der Waals surface area contributed by atoms with Crippen LogP contribution in [-0.4, -0.2) is 68.6 Å². The van der Waals surface area contributed by atoms with Crippen LogP contribution in [0.2, 0.25) is 0 Å². The van der Waals surface area contributed by atoms with Gasteiger partial charge in [0.1, 0.15) is 17.4 Å². The lowest BCUT2D eigenvalue weighted by Gasteiger charge is -2.44. The van der Waals surface area contributed by atoms with Crippen LogP contribution in [0.1, 0.15) is 34.6 Å². The molecule has 1 fully saturated rings. The maximum atomic E-state index is 14.5. The molecule has 2 aromatic rings. The number of hydrogen-bond donors (Lipinski definition) is 0. The standard InChI is InChI=1S/C22H24F2N2O5S/c1-13-11-25(21(27)17-7-5-15(31-3)9-19(17)23)12-14(2)26(13)22(28)18-8-6-16(10-20(18)24)32(4,29)30/h5-10,13-14H,11-12H2,1-4H3/t13-,14-/m1/s1. The van der Waals surface area contributed by atoms with Gasteiger partial charge >= 0.3 is 0 Å². The average molecular weight is 467 g/mol. The van der Waals surface area contributed by atoms with Crippen LogP contribution >= 0.6 is 0 Å². The van der Waals surface area contributed by atoms with Gasteiger partial charge in [0, 0.05) is 37.5 Å². The molecule has 1 saturated heterocycles. The van der Waals surface area contributed by atoms with Crippen LogP contribution in [0.4, 0.5) is 8.78 Å². The molecule has 2 aromatic carbocycles. The highest BCUT2D eigenvalue weighted by molar-refractivity contribution is 7.90. The van der Waals surface area contributed by atoms with Gasteiger partial charge in [-0.05, 0) is 44.2 Å². The molecule has 172 valence electrons. The van der Waals surface area contributed by atoms with E-state index in [1.807, 2.05) is 0 Å². The van der Waals surface area contributed by atoms with Gasteiger partial charge in [-0.1, -0.05) is 0 Å². The van der Waals surface area contributed by atoms with Gasteiger partial charge in [-0.2, -0.15) is 0 Å². The van der Waals surface area contributed by atoms with Gasteiger partial charge in [0.2, 0.25) is 0 Å². The van der Waals surface area contributed by atoms with Crippen LogP contribution in [0.3, 0.4) is 0 Å². The van der Waals surface area contributed by atoms with E-state index in [0.717, 1.165) is 24.5 Å². The Balaban J connectivity index is 1.80. The zero-order valence-electron chi connectivity index (χ0n) is 18.1. The molecule has 0 spiro atoms. The molecular formula is C22H24F2N2O5S. The van der Waals surface area contributed by atoms with Gasteiger partial charge in [0.05, 0.1) is 23.1 Å². The minimum Gasteiger partial charge on any atom is -0.497 e. The normalized spacial score (nSPS) is 19.1. The Hall–Kier alpha value is -3.01. The van der Waals surface area contributed by atoms with Gasteiger partial charge in [-0.3, -0.25) is 9.59 Å². The summed E-state index contributed by atoms with van der Waals surface area (Å²) in [5, 5.41) is 0. The first-order valence-corrected chi connectivity index (χ1v) is 11.8. The molecule has 1 heterocycles. The molecule has 3 rings (SSSR count). The quantitative estimate of drug-likeness (QED) is 0.692. The van der Waals surface area contributed by atoms with E-state index >= 15 is 0 Å². The topological polar surface area (TPSA) is 84.0 Å². The summed E-state index contributed by atoms with van der Waals surface area (Å²) in [5.41, 5.74) is -0.357. The van der Waals surface area contributed by atoms with E-state index in [4.69, 9.17) is 4.74 Å². The van der Waals surface area contributed by atoms with Crippen molar-refractivity contribution in [3.05, 3.63) is 59.2 Å². The summed E-state index contributed by atoms with van der Waals surface area (Å²) in [6.07, 6.45) is 0.954. The number of methoxy groups -OCH3 is 1. The van der Waals surface area contributed by atoms with Gasteiger partial charge in [-0.15, -0.1) is 0 Å². The van der Waals surface area contributed by atoms with Crippen molar-refractivity contribution in [2.75, 3.05) is 26.5 Å². The number of sulfone groups is 1. The van der Waals surface area contributed by atoms with Crippen LogP contribution < -0.4 is 4.74 Å². The zero-order valence-corrected chi connectivity index (χ0v) is 18.9. The number of piperazine rings is 1. The Morgan fingerprint density at radius 3 is 1.97 bits per heavy atom. The van der Waals surface area contributed by atoms with Gasteiger partial charge in [0.15, 0.2) is 9.84 Å². The Bertz CT molecular complexity index is 1160. The van der Waals surface area contributed by atoms with Crippen molar-refractivity contribution in [2.24, 2.45) is 0 Å². The smallest absolute Gasteiger partial charge is 0.257 e. The van der Waals surface area contributed by atoms with Gasteiger partial charge in [0.25, 0.3) is 11.8 Å². The average Bonchev–Trinajstić information content (AvgIpc) is 2.71. The highest BCUT2D eigenvalue weighted by atomic mass is 32.2. The molecule has 32 heavy (non-hydrogen) atoms. The predicted octanol–water partition coefficient (Wildman–Crippen LogP) is 2.75. The first-order chi connectivity index (χ1) is 14.9. The molecule has 0 radical (unpaired) electrons. The van der Waals surface area contributed by atoms with Crippen molar-refractivity contribution in [1.29, 1.82) is 0 Å². The second kappa shape index (κ2) is 8.85. The Labute approximate surface area is 185 Å². The fourth-order valence-electron chi connectivity index (χ4n) is 3.89. The van der Waals surface area contributed by atoms with Gasteiger partial charge in [-0.25, -0.2) is 17.2 Å². The Kier molecular flexibility index (Phi) is 6.54. The van der Waals surface area contributed by atoms with Crippen LogP contribution in [-0.2, 0) is 9.84 Å². The number of halogens is 2. The number of benzene rings is 2. The molecular weight excluding hydrogens is 442 g/mol. The lowest BCUT2D eigenvalue weighted by atomic mass is 10.0. The zero-order chi connectivity index (χ0) is 23.8. The molecule has 0 saturated carbocycles. The molecule has 0 aromatic heterocycles. The summed E-state index contributed by atoms with van der Waals surface area (Å²) in [4.78, 5) is 28.6. The molecule has 0 bridgehead atoms. The van der Waals surface area contributed by atoms with Crippen LogP contribution in [0.15, 0.2) is 41.3 Å². The van der Waals surface area contributed by atoms with Crippen LogP contribution in [0.25, 0.3) is 0 Å². The summed E-state index contributed by atoms with van der Waals surface area (Å²) in [6, 6.07) is 6.17. The molecule has 10 heteroatoms. The number of ether oxygens (including phenoxy) is 1. The molecule has 2 atom stereocenters. The van der Waals surface area contributed by atoms with E-state index in [9.17, 15) is 26.8 Å². The molecule has 2 amide bonds. The number of hydrogen-bond acceptors (Lipinski definition) is 5. The highest BCUT2D eigenvalue weighted by Gasteiger charge is 2.37. The third-order valence-corrected chi connectivity index (χ3v) is 6.56. The molecule has 1 aliphatic rings. The first-order valence-electron chi connectivity index (χ1n) is 9.89. The molecule has 7 nitrogen and oxygen atoms in total. The Morgan fingerprint density at radius 1 is 0.938 bits per heavy atom. The van der Waals surface area contributed by atoms with E-state index in [1.54, 1.807) is 13.8 Å². The van der Waals surface area contributed by atoms with E-state index in [-0.39, 0.29) is 29.1 Å². The van der Waals surface area contributed by atoms with Crippen molar-refractivity contribution < 1.29 is 31.5 Å². The third-order valence-electron chi connectivity index (χ3n) is 5.45. The number of nitrogens with zero attached hydrogens (tertiary/aromatic N) is 2. The highest BCUT2D eigenvalue weighted by Crippen LogP contribution is 2.25. The van der Waals surface area contributed by atoms with Crippen molar-refractivity contribution >= 4 is 21.7 Å².